The first-order valence-electron chi connectivity index (χ1n) is 8.52. The summed E-state index contributed by atoms with van der Waals surface area (Å²) >= 11 is 5.98. The molecule has 0 amide bonds. The molecule has 1 heterocycles. The number of carbonyl (C=O) groups excluding carboxylic acids is 2. The number of halogens is 1. The van der Waals surface area contributed by atoms with Gasteiger partial charge in [0.1, 0.15) is 6.61 Å². The Hall–Kier alpha value is -2.44. The van der Waals surface area contributed by atoms with Crippen LogP contribution in [0.4, 0.5) is 0 Å². The van der Waals surface area contributed by atoms with Crippen molar-refractivity contribution in [3.8, 4) is 11.1 Å². The summed E-state index contributed by atoms with van der Waals surface area (Å²) in [5, 5.41) is 9.48. The summed E-state index contributed by atoms with van der Waals surface area (Å²) in [6.07, 6.45) is -0.332. The highest BCUT2D eigenvalue weighted by molar-refractivity contribution is 6.30. The molecule has 0 spiro atoms. The second kappa shape index (κ2) is 8.97. The maximum absolute atomic E-state index is 12.8. The van der Waals surface area contributed by atoms with Crippen LogP contribution in [-0.2, 0) is 9.47 Å². The molecule has 0 aliphatic rings. The van der Waals surface area contributed by atoms with Crippen molar-refractivity contribution in [1.82, 2.24) is 4.98 Å². The molecule has 0 unspecified atom stereocenters. The molecule has 1 aromatic carbocycles. The second-order valence-electron chi connectivity index (χ2n) is 6.23. The molecule has 27 heavy (non-hydrogen) atoms. The number of nitrogens with zero attached hydrogens (tertiary/aromatic N) is 1. The highest BCUT2D eigenvalue weighted by Gasteiger charge is 2.28. The van der Waals surface area contributed by atoms with Crippen LogP contribution in [0, 0.1) is 13.8 Å². The monoisotopic (exact) mass is 391 g/mol. The molecule has 2 aromatic rings. The average molecular weight is 392 g/mol. The molecule has 0 fully saturated rings. The Labute approximate surface area is 163 Å². The molecule has 1 aromatic heterocycles. The van der Waals surface area contributed by atoms with Crippen LogP contribution < -0.4 is 0 Å². The summed E-state index contributed by atoms with van der Waals surface area (Å²) in [6.45, 7) is 6.38. The maximum Gasteiger partial charge on any atom is 0.340 e. The number of esters is 2. The summed E-state index contributed by atoms with van der Waals surface area (Å²) in [5.41, 5.74) is 2.22. The van der Waals surface area contributed by atoms with Crippen molar-refractivity contribution in [2.24, 2.45) is 0 Å². The lowest BCUT2D eigenvalue weighted by atomic mass is 9.92. The van der Waals surface area contributed by atoms with E-state index in [1.807, 2.05) is 0 Å². The topological polar surface area (TPSA) is 85.7 Å². The number of aliphatic hydroxyl groups excluding tert-OH is 1. The van der Waals surface area contributed by atoms with Gasteiger partial charge in [0.2, 0.25) is 0 Å². The molecule has 0 saturated carbocycles. The van der Waals surface area contributed by atoms with Gasteiger partial charge >= 0.3 is 11.9 Å². The third-order valence-electron chi connectivity index (χ3n) is 3.77. The SMILES string of the molecule is Cc1nc(C)c(C(=O)OC(C)C)c(-c2ccc(Cl)cc2)c1C(=O)OCCO. The zero-order valence-corrected chi connectivity index (χ0v) is 16.5. The van der Waals surface area contributed by atoms with Crippen LogP contribution in [0.5, 0.6) is 0 Å². The van der Waals surface area contributed by atoms with Crippen molar-refractivity contribution in [2.75, 3.05) is 13.2 Å². The lowest BCUT2D eigenvalue weighted by Gasteiger charge is -2.19. The quantitative estimate of drug-likeness (QED) is 0.755. The first-order valence-corrected chi connectivity index (χ1v) is 8.90. The van der Waals surface area contributed by atoms with Gasteiger partial charge in [-0.25, -0.2) is 9.59 Å². The molecule has 0 atom stereocenters. The molecule has 0 radical (unpaired) electrons. The summed E-state index contributed by atoms with van der Waals surface area (Å²) < 4.78 is 10.5. The minimum atomic E-state index is -0.669. The van der Waals surface area contributed by atoms with E-state index < -0.39 is 11.9 Å². The zero-order chi connectivity index (χ0) is 20.1. The van der Waals surface area contributed by atoms with Crippen molar-refractivity contribution in [2.45, 2.75) is 33.8 Å². The fourth-order valence-corrected chi connectivity index (χ4v) is 2.86. The van der Waals surface area contributed by atoms with Gasteiger partial charge < -0.3 is 14.6 Å². The third kappa shape index (κ3) is 4.84. The Morgan fingerprint density at radius 3 is 2.15 bits per heavy atom. The van der Waals surface area contributed by atoms with Crippen LogP contribution in [0.2, 0.25) is 5.02 Å². The number of ether oxygens (including phenoxy) is 2. The Balaban J connectivity index is 2.76. The summed E-state index contributed by atoms with van der Waals surface area (Å²) in [7, 11) is 0. The minimum Gasteiger partial charge on any atom is -0.460 e. The molecule has 0 saturated heterocycles. The highest BCUT2D eigenvalue weighted by atomic mass is 35.5. The van der Waals surface area contributed by atoms with Crippen molar-refractivity contribution in [3.05, 3.63) is 51.8 Å². The van der Waals surface area contributed by atoms with Gasteiger partial charge in [0.25, 0.3) is 0 Å². The number of aliphatic hydroxyl groups is 1. The number of aryl methyl sites for hydroxylation is 2. The third-order valence-corrected chi connectivity index (χ3v) is 4.02. The zero-order valence-electron chi connectivity index (χ0n) is 15.7. The van der Waals surface area contributed by atoms with Crippen LogP contribution in [0.25, 0.3) is 11.1 Å². The molecule has 0 aliphatic heterocycles. The predicted molar refractivity (Wildman–Crippen MR) is 102 cm³/mol. The van der Waals surface area contributed by atoms with E-state index in [0.717, 1.165) is 0 Å². The van der Waals surface area contributed by atoms with Gasteiger partial charge in [-0.3, -0.25) is 4.98 Å². The summed E-state index contributed by atoms with van der Waals surface area (Å²) in [5.74, 6) is -1.24. The predicted octanol–water partition coefficient (Wildman–Crippen LogP) is 3.73. The standard InChI is InChI=1S/C20H22ClNO5/c1-11(2)27-20(25)17-13(4)22-12(3)16(19(24)26-10-9-23)18(17)14-5-7-15(21)8-6-14/h5-8,11,23H,9-10H2,1-4H3. The number of hydrogen-bond donors (Lipinski definition) is 1. The molecule has 6 nitrogen and oxygen atoms in total. The molecule has 7 heteroatoms. The van der Waals surface area contributed by atoms with Gasteiger partial charge in [0.15, 0.2) is 0 Å². The first kappa shape index (κ1) is 20.9. The summed E-state index contributed by atoms with van der Waals surface area (Å²) in [4.78, 5) is 29.7. The van der Waals surface area contributed by atoms with E-state index in [4.69, 9.17) is 26.2 Å². The van der Waals surface area contributed by atoms with Gasteiger partial charge in [-0.2, -0.15) is 0 Å². The Kier molecular flexibility index (Phi) is 6.93. The van der Waals surface area contributed by atoms with Crippen LogP contribution in [0.15, 0.2) is 24.3 Å². The Morgan fingerprint density at radius 2 is 1.63 bits per heavy atom. The summed E-state index contributed by atoms with van der Waals surface area (Å²) in [6, 6.07) is 6.77. The van der Waals surface area contributed by atoms with E-state index in [9.17, 15) is 9.59 Å². The molecular formula is C20H22ClNO5. The van der Waals surface area contributed by atoms with Crippen molar-refractivity contribution < 1.29 is 24.2 Å². The van der Waals surface area contributed by atoms with E-state index in [-0.39, 0.29) is 30.4 Å². The van der Waals surface area contributed by atoms with Gasteiger partial charge in [-0.05, 0) is 45.4 Å². The largest absolute Gasteiger partial charge is 0.460 e. The number of hydrogen-bond acceptors (Lipinski definition) is 6. The van der Waals surface area contributed by atoms with E-state index in [0.29, 0.717) is 27.5 Å². The smallest absolute Gasteiger partial charge is 0.340 e. The van der Waals surface area contributed by atoms with Crippen LogP contribution in [0.3, 0.4) is 0 Å². The van der Waals surface area contributed by atoms with Gasteiger partial charge in [0.05, 0.1) is 35.2 Å². The van der Waals surface area contributed by atoms with E-state index in [1.165, 1.54) is 0 Å². The first-order chi connectivity index (χ1) is 12.8. The van der Waals surface area contributed by atoms with E-state index in [1.54, 1.807) is 52.0 Å². The normalized spacial score (nSPS) is 10.8. The van der Waals surface area contributed by atoms with Crippen LogP contribution >= 0.6 is 11.6 Å². The highest BCUT2D eigenvalue weighted by Crippen LogP contribution is 2.33. The molecule has 144 valence electrons. The molecular weight excluding hydrogens is 370 g/mol. The second-order valence-corrected chi connectivity index (χ2v) is 6.66. The number of carbonyl (C=O) groups is 2. The average Bonchev–Trinajstić information content (AvgIpc) is 2.59. The molecule has 1 N–H and O–H groups in total. The van der Waals surface area contributed by atoms with E-state index >= 15 is 0 Å². The Bertz CT molecular complexity index is 846. The lowest BCUT2D eigenvalue weighted by molar-refractivity contribution is 0.0377. The van der Waals surface area contributed by atoms with E-state index in [2.05, 4.69) is 4.98 Å². The van der Waals surface area contributed by atoms with Crippen LogP contribution in [0.1, 0.15) is 46.0 Å². The fourth-order valence-electron chi connectivity index (χ4n) is 2.74. The van der Waals surface area contributed by atoms with Crippen molar-refractivity contribution in [3.63, 3.8) is 0 Å². The molecule has 0 bridgehead atoms. The fraction of sp³-hybridized carbons (Fsp3) is 0.350. The van der Waals surface area contributed by atoms with Crippen LogP contribution in [-0.4, -0.2) is 41.3 Å². The number of aromatic nitrogens is 1. The van der Waals surface area contributed by atoms with Gasteiger partial charge in [0, 0.05) is 10.6 Å². The number of benzene rings is 1. The van der Waals surface area contributed by atoms with Gasteiger partial charge in [-0.1, -0.05) is 23.7 Å². The minimum absolute atomic E-state index is 0.155. The Morgan fingerprint density at radius 1 is 1.07 bits per heavy atom. The molecule has 0 aliphatic carbocycles. The van der Waals surface area contributed by atoms with Crippen molar-refractivity contribution >= 4 is 23.5 Å². The maximum atomic E-state index is 12.8. The van der Waals surface area contributed by atoms with Gasteiger partial charge in [-0.15, -0.1) is 0 Å². The number of rotatable bonds is 6. The molecule has 2 rings (SSSR count). The lowest BCUT2D eigenvalue weighted by Crippen LogP contribution is -2.20. The number of pyridine rings is 1. The van der Waals surface area contributed by atoms with Crippen molar-refractivity contribution in [1.29, 1.82) is 0 Å².